The lowest BCUT2D eigenvalue weighted by atomic mass is 10.2. The van der Waals surface area contributed by atoms with Crippen molar-refractivity contribution in [1.29, 1.82) is 0 Å². The van der Waals surface area contributed by atoms with Crippen LogP contribution in [0.5, 0.6) is 0 Å². The molecule has 0 amide bonds. The summed E-state index contributed by atoms with van der Waals surface area (Å²) in [6, 6.07) is 7.06. The topological polar surface area (TPSA) is 15.3 Å². The van der Waals surface area contributed by atoms with Gasteiger partial charge in [-0.3, -0.25) is 4.90 Å². The average molecular weight is 348 g/mol. The van der Waals surface area contributed by atoms with Gasteiger partial charge >= 0.3 is 0 Å². The summed E-state index contributed by atoms with van der Waals surface area (Å²) in [5.41, 5.74) is 1.20. The van der Waals surface area contributed by atoms with Crippen LogP contribution in [0.4, 0.5) is 0 Å². The molecule has 108 valence electrons. The molecule has 0 saturated heterocycles. The van der Waals surface area contributed by atoms with E-state index in [1.807, 2.05) is 18.2 Å². The van der Waals surface area contributed by atoms with Gasteiger partial charge in [0.05, 0.1) is 0 Å². The highest BCUT2D eigenvalue weighted by Crippen LogP contribution is 2.20. The van der Waals surface area contributed by atoms with Gasteiger partial charge in [0.25, 0.3) is 0 Å². The predicted molar refractivity (Wildman–Crippen MR) is 87.8 cm³/mol. The van der Waals surface area contributed by atoms with Crippen LogP contribution in [-0.2, 0) is 6.54 Å². The first kappa shape index (κ1) is 17.0. The third kappa shape index (κ3) is 5.82. The maximum Gasteiger partial charge on any atom is 0.0410 e. The Morgan fingerprint density at radius 3 is 2.42 bits per heavy atom. The third-order valence-corrected chi connectivity index (χ3v) is 4.21. The van der Waals surface area contributed by atoms with E-state index in [0.29, 0.717) is 12.1 Å². The van der Waals surface area contributed by atoms with Gasteiger partial charge in [-0.05, 0) is 51.5 Å². The number of hydrogen-bond acceptors (Lipinski definition) is 2. The first-order chi connectivity index (χ1) is 8.91. The quantitative estimate of drug-likeness (QED) is 0.739. The van der Waals surface area contributed by atoms with E-state index in [-0.39, 0.29) is 0 Å². The fraction of sp³-hybridized carbons (Fsp3) is 0.600. The van der Waals surface area contributed by atoms with Crippen LogP contribution in [0.1, 0.15) is 33.3 Å². The van der Waals surface area contributed by atoms with Gasteiger partial charge in [0.2, 0.25) is 0 Å². The Bertz CT molecular complexity index is 386. The van der Waals surface area contributed by atoms with Gasteiger partial charge < -0.3 is 5.32 Å². The molecule has 1 aromatic rings. The SMILES string of the molecule is CC(C)N(CCNCc1cc(Cl)ccc1Br)C(C)C. The molecule has 0 bridgehead atoms. The minimum Gasteiger partial charge on any atom is -0.311 e. The van der Waals surface area contributed by atoms with E-state index in [4.69, 9.17) is 11.6 Å². The van der Waals surface area contributed by atoms with E-state index < -0.39 is 0 Å². The van der Waals surface area contributed by atoms with E-state index in [9.17, 15) is 0 Å². The summed E-state index contributed by atoms with van der Waals surface area (Å²) >= 11 is 9.56. The molecule has 1 aromatic carbocycles. The molecule has 0 saturated carbocycles. The van der Waals surface area contributed by atoms with Gasteiger partial charge in [-0.2, -0.15) is 0 Å². The second kappa shape index (κ2) is 8.25. The van der Waals surface area contributed by atoms with Crippen molar-refractivity contribution in [2.75, 3.05) is 13.1 Å². The standard InChI is InChI=1S/C15H24BrClN2/c1-11(2)19(12(3)4)8-7-18-10-13-9-14(17)5-6-15(13)16/h5-6,9,11-12,18H,7-8,10H2,1-4H3. The Balaban J connectivity index is 2.40. The number of rotatable bonds is 7. The second-order valence-electron chi connectivity index (χ2n) is 5.34. The fourth-order valence-electron chi connectivity index (χ4n) is 2.22. The number of nitrogens with zero attached hydrogens (tertiary/aromatic N) is 1. The molecule has 1 rings (SSSR count). The average Bonchev–Trinajstić information content (AvgIpc) is 2.32. The Morgan fingerprint density at radius 1 is 1.21 bits per heavy atom. The van der Waals surface area contributed by atoms with E-state index in [2.05, 4.69) is 53.8 Å². The number of hydrogen-bond donors (Lipinski definition) is 1. The third-order valence-electron chi connectivity index (χ3n) is 3.20. The van der Waals surface area contributed by atoms with Crippen LogP contribution in [0.2, 0.25) is 5.02 Å². The first-order valence-electron chi connectivity index (χ1n) is 6.82. The zero-order valence-corrected chi connectivity index (χ0v) is 14.6. The highest BCUT2D eigenvalue weighted by Gasteiger charge is 2.12. The van der Waals surface area contributed by atoms with Crippen LogP contribution in [0.25, 0.3) is 0 Å². The number of benzene rings is 1. The van der Waals surface area contributed by atoms with Crippen molar-refractivity contribution in [3.63, 3.8) is 0 Å². The lowest BCUT2D eigenvalue weighted by Crippen LogP contribution is -2.41. The zero-order valence-electron chi connectivity index (χ0n) is 12.2. The first-order valence-corrected chi connectivity index (χ1v) is 7.99. The van der Waals surface area contributed by atoms with Crippen LogP contribution in [-0.4, -0.2) is 30.1 Å². The molecule has 0 aromatic heterocycles. The van der Waals surface area contributed by atoms with E-state index in [1.165, 1.54) is 5.56 Å². The number of nitrogens with one attached hydrogen (secondary N) is 1. The van der Waals surface area contributed by atoms with Crippen molar-refractivity contribution in [2.24, 2.45) is 0 Å². The second-order valence-corrected chi connectivity index (χ2v) is 6.63. The molecule has 0 heterocycles. The molecule has 4 heteroatoms. The lowest BCUT2D eigenvalue weighted by molar-refractivity contribution is 0.176. The van der Waals surface area contributed by atoms with Crippen LogP contribution >= 0.6 is 27.5 Å². The van der Waals surface area contributed by atoms with Crippen molar-refractivity contribution in [1.82, 2.24) is 10.2 Å². The van der Waals surface area contributed by atoms with Gasteiger partial charge in [-0.25, -0.2) is 0 Å². The summed E-state index contributed by atoms with van der Waals surface area (Å²) in [6.45, 7) is 11.9. The van der Waals surface area contributed by atoms with Crippen molar-refractivity contribution in [3.8, 4) is 0 Å². The molecule has 1 N–H and O–H groups in total. The lowest BCUT2D eigenvalue weighted by Gasteiger charge is -2.30. The Hall–Kier alpha value is -0.0900. The van der Waals surface area contributed by atoms with Crippen LogP contribution in [0, 0.1) is 0 Å². The molecule has 0 aliphatic rings. The van der Waals surface area contributed by atoms with Crippen LogP contribution in [0.15, 0.2) is 22.7 Å². The van der Waals surface area contributed by atoms with Crippen molar-refractivity contribution < 1.29 is 0 Å². The van der Waals surface area contributed by atoms with Gasteiger partial charge in [0, 0.05) is 41.2 Å². The number of halogens is 2. The van der Waals surface area contributed by atoms with E-state index in [1.54, 1.807) is 0 Å². The molecule has 0 aliphatic heterocycles. The predicted octanol–water partition coefficient (Wildman–Crippen LogP) is 4.31. The van der Waals surface area contributed by atoms with E-state index >= 15 is 0 Å². The molecule has 0 unspecified atom stereocenters. The van der Waals surface area contributed by atoms with Gasteiger partial charge in [0.15, 0.2) is 0 Å². The maximum atomic E-state index is 6.01. The van der Waals surface area contributed by atoms with Gasteiger partial charge in [-0.15, -0.1) is 0 Å². The summed E-state index contributed by atoms with van der Waals surface area (Å²) in [5, 5.41) is 4.26. The smallest absolute Gasteiger partial charge is 0.0410 e. The normalized spacial score (nSPS) is 11.8. The molecule has 0 radical (unpaired) electrons. The maximum absolute atomic E-state index is 6.01. The Kier molecular flexibility index (Phi) is 7.37. The fourth-order valence-corrected chi connectivity index (χ4v) is 2.80. The Morgan fingerprint density at radius 2 is 1.84 bits per heavy atom. The molecule has 19 heavy (non-hydrogen) atoms. The minimum absolute atomic E-state index is 0.583. The Labute approximate surface area is 130 Å². The summed E-state index contributed by atoms with van der Waals surface area (Å²) in [5.74, 6) is 0. The molecule has 2 nitrogen and oxygen atoms in total. The zero-order chi connectivity index (χ0) is 14.4. The van der Waals surface area contributed by atoms with Crippen molar-refractivity contribution in [3.05, 3.63) is 33.3 Å². The summed E-state index contributed by atoms with van der Waals surface area (Å²) < 4.78 is 1.11. The largest absolute Gasteiger partial charge is 0.311 e. The summed E-state index contributed by atoms with van der Waals surface area (Å²) in [7, 11) is 0. The monoisotopic (exact) mass is 346 g/mol. The van der Waals surface area contributed by atoms with Gasteiger partial charge in [0.1, 0.15) is 0 Å². The molecule has 0 atom stereocenters. The molecule has 0 aliphatic carbocycles. The van der Waals surface area contributed by atoms with Crippen LogP contribution < -0.4 is 5.32 Å². The van der Waals surface area contributed by atoms with Crippen molar-refractivity contribution >= 4 is 27.5 Å². The molecule has 0 fully saturated rings. The molecular formula is C15H24BrClN2. The summed E-state index contributed by atoms with van der Waals surface area (Å²) in [6.07, 6.45) is 0. The van der Waals surface area contributed by atoms with Crippen molar-refractivity contribution in [2.45, 2.75) is 46.3 Å². The highest BCUT2D eigenvalue weighted by atomic mass is 79.9. The molecular weight excluding hydrogens is 324 g/mol. The minimum atomic E-state index is 0.583. The molecule has 0 spiro atoms. The van der Waals surface area contributed by atoms with E-state index in [0.717, 1.165) is 29.1 Å². The van der Waals surface area contributed by atoms with Crippen LogP contribution in [0.3, 0.4) is 0 Å². The highest BCUT2D eigenvalue weighted by molar-refractivity contribution is 9.10. The summed E-state index contributed by atoms with van der Waals surface area (Å²) in [4.78, 5) is 2.49. The van der Waals surface area contributed by atoms with Gasteiger partial charge in [-0.1, -0.05) is 27.5 Å².